The number of aromatic nitrogens is 3. The molecule has 3 N–H and O–H groups in total. The third-order valence-corrected chi connectivity index (χ3v) is 4.35. The molecule has 9 heteroatoms. The molecular weight excluding hydrogens is 423 g/mol. The summed E-state index contributed by atoms with van der Waals surface area (Å²) in [5.41, 5.74) is 0. The summed E-state index contributed by atoms with van der Waals surface area (Å²) in [6.07, 6.45) is 5.70. The number of furan rings is 1. The van der Waals surface area contributed by atoms with E-state index in [0.717, 1.165) is 24.6 Å². The first-order valence-corrected chi connectivity index (χ1v) is 7.89. The average molecular weight is 444 g/mol. The van der Waals surface area contributed by atoms with Gasteiger partial charge in [-0.2, -0.15) is 0 Å². The predicted molar refractivity (Wildman–Crippen MR) is 99.1 cm³/mol. The Bertz CT molecular complexity index is 686. The zero-order valence-electron chi connectivity index (χ0n) is 13.4. The number of rotatable bonds is 4. The molecule has 2 saturated heterocycles. The fourth-order valence-corrected chi connectivity index (χ4v) is 3.22. The van der Waals surface area contributed by atoms with Crippen LogP contribution in [0.1, 0.15) is 25.1 Å². The maximum Gasteiger partial charge on any atom is 0.216 e. The maximum atomic E-state index is 5.85. The summed E-state index contributed by atoms with van der Waals surface area (Å²) in [7, 11) is 1.76. The summed E-state index contributed by atoms with van der Waals surface area (Å²) in [5.74, 6) is 2.68. The van der Waals surface area contributed by atoms with Gasteiger partial charge in [-0.25, -0.2) is 4.98 Å². The largest absolute Gasteiger partial charge is 0.461 e. The highest BCUT2D eigenvalue weighted by Crippen LogP contribution is 2.34. The molecule has 0 spiro atoms. The van der Waals surface area contributed by atoms with Gasteiger partial charge in [0.25, 0.3) is 0 Å². The lowest BCUT2D eigenvalue weighted by Crippen LogP contribution is -2.47. The standard InChI is InChI=1S/C15H20N6O2.HI/c1-16-15(18-10-7-9-4-5-11(10)23-9)17-8-13-19-14(21-20-13)12-3-2-6-22-12;/h2-3,6,9-11H,4-5,7-8H2,1H3,(H2,16,17,18)(H,19,20,21);1H. The van der Waals surface area contributed by atoms with Crippen LogP contribution in [0.2, 0.25) is 0 Å². The van der Waals surface area contributed by atoms with E-state index in [1.165, 1.54) is 6.42 Å². The Labute approximate surface area is 156 Å². The number of halogens is 1. The fraction of sp³-hybridized carbons (Fsp3) is 0.533. The number of H-pyrrole nitrogens is 1. The zero-order chi connectivity index (χ0) is 15.6. The van der Waals surface area contributed by atoms with Crippen molar-refractivity contribution >= 4 is 29.9 Å². The third-order valence-electron chi connectivity index (χ3n) is 4.35. The van der Waals surface area contributed by atoms with Crippen LogP contribution in [0.15, 0.2) is 27.8 Å². The molecule has 0 radical (unpaired) electrons. The van der Waals surface area contributed by atoms with Crippen molar-refractivity contribution in [1.82, 2.24) is 25.8 Å². The van der Waals surface area contributed by atoms with Crippen LogP contribution < -0.4 is 10.6 Å². The summed E-state index contributed by atoms with van der Waals surface area (Å²) in [4.78, 5) is 8.66. The number of guanidine groups is 1. The van der Waals surface area contributed by atoms with Crippen molar-refractivity contribution in [3.8, 4) is 11.6 Å². The van der Waals surface area contributed by atoms with Crippen LogP contribution in [-0.2, 0) is 11.3 Å². The first-order valence-electron chi connectivity index (χ1n) is 7.89. The SMILES string of the molecule is CN=C(NCc1nc(-c2ccco2)n[nH]1)NC1CC2CCC1O2.I. The summed E-state index contributed by atoms with van der Waals surface area (Å²) in [5, 5.41) is 13.7. The minimum Gasteiger partial charge on any atom is -0.461 e. The van der Waals surface area contributed by atoms with Crippen LogP contribution in [0.25, 0.3) is 11.6 Å². The van der Waals surface area contributed by atoms with Crippen molar-refractivity contribution in [3.05, 3.63) is 24.2 Å². The number of aliphatic imine (C=N–C) groups is 1. The van der Waals surface area contributed by atoms with Gasteiger partial charge in [-0.05, 0) is 31.4 Å². The van der Waals surface area contributed by atoms with Crippen molar-refractivity contribution in [3.63, 3.8) is 0 Å². The molecule has 0 amide bonds. The second kappa shape index (κ2) is 7.51. The Morgan fingerprint density at radius 3 is 3.04 bits per heavy atom. The highest BCUT2D eigenvalue weighted by Gasteiger charge is 2.41. The Morgan fingerprint density at radius 1 is 1.46 bits per heavy atom. The maximum absolute atomic E-state index is 5.85. The quantitative estimate of drug-likeness (QED) is 0.377. The highest BCUT2D eigenvalue weighted by atomic mass is 127. The lowest BCUT2D eigenvalue weighted by molar-refractivity contribution is 0.0992. The molecule has 0 aromatic carbocycles. The van der Waals surface area contributed by atoms with E-state index in [9.17, 15) is 0 Å². The minimum atomic E-state index is 0. The molecule has 2 bridgehead atoms. The van der Waals surface area contributed by atoms with Gasteiger partial charge in [0, 0.05) is 7.05 Å². The number of nitrogens with one attached hydrogen (secondary N) is 3. The first kappa shape index (κ1) is 17.2. The normalized spacial score (nSPS) is 25.5. The van der Waals surface area contributed by atoms with Crippen LogP contribution in [0.4, 0.5) is 0 Å². The molecular formula is C15H21IN6O2. The molecule has 130 valence electrons. The second-order valence-corrected chi connectivity index (χ2v) is 5.87. The van der Waals surface area contributed by atoms with E-state index in [1.54, 1.807) is 13.3 Å². The molecule has 2 aromatic heterocycles. The van der Waals surface area contributed by atoms with E-state index >= 15 is 0 Å². The lowest BCUT2D eigenvalue weighted by Gasteiger charge is -2.22. The molecule has 2 aromatic rings. The molecule has 4 rings (SSSR count). The molecule has 24 heavy (non-hydrogen) atoms. The number of nitrogens with zero attached hydrogens (tertiary/aromatic N) is 3. The van der Waals surface area contributed by atoms with Gasteiger partial charge < -0.3 is 19.8 Å². The van der Waals surface area contributed by atoms with Gasteiger partial charge in [0.2, 0.25) is 5.82 Å². The number of aromatic amines is 1. The molecule has 2 aliphatic rings. The van der Waals surface area contributed by atoms with Crippen LogP contribution in [0.5, 0.6) is 0 Å². The predicted octanol–water partition coefficient (Wildman–Crippen LogP) is 1.67. The van der Waals surface area contributed by atoms with E-state index < -0.39 is 0 Å². The van der Waals surface area contributed by atoms with Crippen LogP contribution in [-0.4, -0.2) is 46.4 Å². The van der Waals surface area contributed by atoms with Gasteiger partial charge in [0.1, 0.15) is 5.82 Å². The Balaban J connectivity index is 0.00000169. The van der Waals surface area contributed by atoms with E-state index in [2.05, 4.69) is 30.8 Å². The molecule has 0 saturated carbocycles. The van der Waals surface area contributed by atoms with Crippen molar-refractivity contribution in [2.45, 2.75) is 44.1 Å². The van der Waals surface area contributed by atoms with Crippen molar-refractivity contribution < 1.29 is 9.15 Å². The summed E-state index contributed by atoms with van der Waals surface area (Å²) in [6, 6.07) is 3.98. The number of ether oxygens (including phenoxy) is 1. The molecule has 2 aliphatic heterocycles. The van der Waals surface area contributed by atoms with Crippen molar-refractivity contribution in [1.29, 1.82) is 0 Å². The smallest absolute Gasteiger partial charge is 0.216 e. The number of hydrogen-bond acceptors (Lipinski definition) is 5. The topological polar surface area (TPSA) is 100 Å². The van der Waals surface area contributed by atoms with Crippen molar-refractivity contribution in [2.24, 2.45) is 4.99 Å². The van der Waals surface area contributed by atoms with E-state index in [0.29, 0.717) is 36.4 Å². The minimum absolute atomic E-state index is 0. The number of fused-ring (bicyclic) bond motifs is 2. The monoisotopic (exact) mass is 444 g/mol. The molecule has 4 heterocycles. The summed E-state index contributed by atoms with van der Waals surface area (Å²) >= 11 is 0. The third kappa shape index (κ3) is 3.56. The van der Waals surface area contributed by atoms with E-state index in [-0.39, 0.29) is 24.0 Å². The second-order valence-electron chi connectivity index (χ2n) is 5.87. The van der Waals surface area contributed by atoms with Crippen LogP contribution >= 0.6 is 24.0 Å². The fourth-order valence-electron chi connectivity index (χ4n) is 3.22. The van der Waals surface area contributed by atoms with Gasteiger partial charge in [0.05, 0.1) is 31.1 Å². The van der Waals surface area contributed by atoms with E-state index in [4.69, 9.17) is 9.15 Å². The van der Waals surface area contributed by atoms with Crippen LogP contribution in [0.3, 0.4) is 0 Å². The Hall–Kier alpha value is -1.62. The highest BCUT2D eigenvalue weighted by molar-refractivity contribution is 14.0. The van der Waals surface area contributed by atoms with Gasteiger partial charge in [-0.3, -0.25) is 10.1 Å². The first-order chi connectivity index (χ1) is 11.3. The zero-order valence-corrected chi connectivity index (χ0v) is 15.7. The lowest BCUT2D eigenvalue weighted by atomic mass is 9.96. The van der Waals surface area contributed by atoms with Gasteiger partial charge in [0.15, 0.2) is 11.7 Å². The average Bonchev–Trinajstić information content (AvgIpc) is 3.35. The molecule has 8 nitrogen and oxygen atoms in total. The Morgan fingerprint density at radius 2 is 2.38 bits per heavy atom. The Kier molecular flexibility index (Phi) is 5.39. The summed E-state index contributed by atoms with van der Waals surface area (Å²) in [6.45, 7) is 0.509. The van der Waals surface area contributed by atoms with Crippen LogP contribution in [0, 0.1) is 0 Å². The van der Waals surface area contributed by atoms with Crippen molar-refractivity contribution in [2.75, 3.05) is 7.05 Å². The van der Waals surface area contributed by atoms with Gasteiger partial charge >= 0.3 is 0 Å². The van der Waals surface area contributed by atoms with E-state index in [1.807, 2.05) is 12.1 Å². The molecule has 2 fully saturated rings. The summed E-state index contributed by atoms with van der Waals surface area (Å²) < 4.78 is 11.1. The molecule has 3 unspecified atom stereocenters. The number of hydrogen-bond donors (Lipinski definition) is 3. The molecule has 0 aliphatic carbocycles. The van der Waals surface area contributed by atoms with Gasteiger partial charge in [-0.15, -0.1) is 29.1 Å². The molecule has 3 atom stereocenters. The van der Waals surface area contributed by atoms with Gasteiger partial charge in [-0.1, -0.05) is 0 Å².